The first-order valence-electron chi connectivity index (χ1n) is 11.2. The van der Waals surface area contributed by atoms with Gasteiger partial charge in [-0.05, 0) is 33.4 Å². The molecule has 2 aliphatic heterocycles. The number of hydrogen-bond acceptors (Lipinski definition) is 4. The van der Waals surface area contributed by atoms with Gasteiger partial charge in [0.2, 0.25) is 0 Å². The maximum absolute atomic E-state index is 13.7. The molecule has 6 heteroatoms. The number of Topliss-reactive ketones (excluding diaryl/α,β-unsaturated/α-hetero) is 2. The number of hydrogen-bond donors (Lipinski definition) is 0. The molecule has 0 aromatic carbocycles. The van der Waals surface area contributed by atoms with Crippen LogP contribution in [0.1, 0.15) is 41.5 Å². The minimum Gasteiger partial charge on any atom is -0.290 e. The molecule has 0 amide bonds. The topological polar surface area (TPSA) is 68.3 Å². The third-order valence-corrected chi connectivity index (χ3v) is 14.6. The van der Waals surface area contributed by atoms with E-state index >= 15 is 0 Å². The van der Waals surface area contributed by atoms with Gasteiger partial charge in [-0.1, -0.05) is 67.7 Å². The summed E-state index contributed by atoms with van der Waals surface area (Å²) < 4.78 is 0. The van der Waals surface area contributed by atoms with E-state index in [0.29, 0.717) is 32.7 Å². The lowest BCUT2D eigenvalue weighted by molar-refractivity contribution is -0.116. The summed E-state index contributed by atoms with van der Waals surface area (Å²) >= 11 is 0. The highest BCUT2D eigenvalue weighted by molar-refractivity contribution is 7.06. The molecule has 0 atom stereocenters. The van der Waals surface area contributed by atoms with Crippen LogP contribution in [0.15, 0.2) is 55.2 Å². The number of allylic oxidation sites excluding steroid dienone is 10. The Labute approximate surface area is 192 Å². The Morgan fingerprint density at radius 2 is 0.812 bits per heavy atom. The Balaban J connectivity index is 1.96. The molecule has 168 valence electrons. The molecule has 2 aliphatic carbocycles. The van der Waals surface area contributed by atoms with E-state index in [-0.39, 0.29) is 23.1 Å². The first kappa shape index (κ1) is 23.0. The molecule has 32 heavy (non-hydrogen) atoms. The lowest BCUT2D eigenvalue weighted by Gasteiger charge is -2.35. The first-order valence-corrected chi connectivity index (χ1v) is 17.2. The molecule has 0 radical (unpaired) electrons. The van der Waals surface area contributed by atoms with Gasteiger partial charge >= 0.3 is 0 Å². The Morgan fingerprint density at radius 3 is 1.06 bits per heavy atom. The highest BCUT2D eigenvalue weighted by Gasteiger charge is 2.61. The van der Waals surface area contributed by atoms with Crippen molar-refractivity contribution in [1.29, 1.82) is 0 Å². The van der Waals surface area contributed by atoms with Crippen molar-refractivity contribution in [2.75, 3.05) is 0 Å². The summed E-state index contributed by atoms with van der Waals surface area (Å²) in [4.78, 5) is 54.4. The number of fused-ring (bicyclic) bond motifs is 2. The highest BCUT2D eigenvalue weighted by Crippen LogP contribution is 2.57. The fraction of sp³-hybridized carbons (Fsp3) is 0.462. The second-order valence-corrected chi connectivity index (χ2v) is 21.0. The van der Waals surface area contributed by atoms with Gasteiger partial charge in [0.25, 0.3) is 0 Å². The van der Waals surface area contributed by atoms with Gasteiger partial charge in [-0.2, -0.15) is 0 Å². The highest BCUT2D eigenvalue weighted by atomic mass is 28.3. The van der Waals surface area contributed by atoms with Crippen molar-refractivity contribution in [2.24, 2.45) is 10.8 Å². The molecule has 4 aliphatic rings. The molecule has 0 bridgehead atoms. The summed E-state index contributed by atoms with van der Waals surface area (Å²) in [7, 11) is -5.34. The molecule has 0 aromatic rings. The molecule has 0 fully saturated rings. The average Bonchev–Trinajstić information content (AvgIpc) is 3.00. The lowest BCUT2D eigenvalue weighted by atomic mass is 9.79. The summed E-state index contributed by atoms with van der Waals surface area (Å²) in [5.74, 6) is -0.380. The second-order valence-electron chi connectivity index (χ2n) is 12.5. The molecular weight excluding hydrogens is 432 g/mol. The van der Waals surface area contributed by atoms with Gasteiger partial charge in [0.1, 0.15) is 16.1 Å². The third kappa shape index (κ3) is 2.72. The van der Waals surface area contributed by atoms with Crippen molar-refractivity contribution in [3.8, 4) is 0 Å². The van der Waals surface area contributed by atoms with Crippen molar-refractivity contribution in [1.82, 2.24) is 0 Å². The van der Waals surface area contributed by atoms with Crippen LogP contribution < -0.4 is 0 Å². The fourth-order valence-electron chi connectivity index (χ4n) is 5.83. The van der Waals surface area contributed by atoms with Crippen molar-refractivity contribution in [3.05, 3.63) is 55.2 Å². The Morgan fingerprint density at radius 1 is 0.531 bits per heavy atom. The monoisotopic (exact) mass is 464 g/mol. The molecule has 0 aromatic heterocycles. The molecule has 2 heterocycles. The largest absolute Gasteiger partial charge is 0.290 e. The predicted octanol–water partition coefficient (Wildman–Crippen LogP) is 4.73. The zero-order chi connectivity index (χ0) is 24.3. The first-order chi connectivity index (χ1) is 14.3. The molecule has 0 saturated carbocycles. The molecule has 0 N–H and O–H groups in total. The van der Waals surface area contributed by atoms with Gasteiger partial charge in [0.15, 0.2) is 23.1 Å². The summed E-state index contributed by atoms with van der Waals surface area (Å²) in [5.41, 5.74) is 1.22. The molecule has 4 rings (SSSR count). The van der Waals surface area contributed by atoms with Crippen molar-refractivity contribution >= 4 is 39.3 Å². The second kappa shape index (κ2) is 6.23. The summed E-state index contributed by atoms with van der Waals surface area (Å²) in [6, 6.07) is 0. The molecule has 0 saturated heterocycles. The van der Waals surface area contributed by atoms with Gasteiger partial charge in [-0.15, -0.1) is 0 Å². The van der Waals surface area contributed by atoms with E-state index in [1.54, 1.807) is 0 Å². The quantitative estimate of drug-likeness (QED) is 0.384. The minimum atomic E-state index is -2.67. The van der Waals surface area contributed by atoms with Crippen LogP contribution in [0.3, 0.4) is 0 Å². The third-order valence-electron chi connectivity index (χ3n) is 7.35. The van der Waals surface area contributed by atoms with Crippen LogP contribution in [0.2, 0.25) is 26.2 Å². The van der Waals surface area contributed by atoms with E-state index in [1.165, 1.54) is 12.2 Å². The fourth-order valence-corrected chi connectivity index (χ4v) is 14.9. The number of ketones is 4. The standard InChI is InChI=1S/C26H32O4Si2/c1-25(2,3)13-11-15(27)17-21(19(13)29)31(7,8)24-18-16(28)12-14(26(4,5)6)20(30)22(18)32(9,10)23(17)24/h11-12H,1-10H3. The van der Waals surface area contributed by atoms with E-state index in [9.17, 15) is 19.2 Å². The Bertz CT molecular complexity index is 1130. The summed E-state index contributed by atoms with van der Waals surface area (Å²) in [5, 5.41) is 3.03. The SMILES string of the molecule is CC(C)(C)C1=CC(=O)C2=C(C1=O)[Si](C)(C)C1=C2[Si](C)(C)C2=C1C(=O)C=C(C(C)(C)C)C2=O. The maximum Gasteiger partial charge on any atom is 0.186 e. The van der Waals surface area contributed by atoms with Crippen LogP contribution in [0.4, 0.5) is 0 Å². The zero-order valence-corrected chi connectivity index (χ0v) is 22.8. The van der Waals surface area contributed by atoms with E-state index in [4.69, 9.17) is 0 Å². The Kier molecular flexibility index (Phi) is 4.48. The van der Waals surface area contributed by atoms with Gasteiger partial charge in [0.05, 0.1) is 0 Å². The smallest absolute Gasteiger partial charge is 0.186 e. The average molecular weight is 465 g/mol. The van der Waals surface area contributed by atoms with Gasteiger partial charge in [-0.25, -0.2) is 0 Å². The van der Waals surface area contributed by atoms with Gasteiger partial charge in [-0.3, -0.25) is 19.2 Å². The number of carbonyl (C=O) groups excluding carboxylic acids is 4. The number of rotatable bonds is 0. The van der Waals surface area contributed by atoms with E-state index in [1.807, 2.05) is 41.5 Å². The van der Waals surface area contributed by atoms with Crippen LogP contribution in [-0.4, -0.2) is 39.3 Å². The van der Waals surface area contributed by atoms with Gasteiger partial charge in [0, 0.05) is 32.7 Å². The van der Waals surface area contributed by atoms with Gasteiger partial charge < -0.3 is 0 Å². The van der Waals surface area contributed by atoms with Crippen LogP contribution in [0, 0.1) is 10.8 Å². The van der Waals surface area contributed by atoms with Crippen molar-refractivity contribution in [2.45, 2.75) is 67.7 Å². The maximum atomic E-state index is 13.7. The van der Waals surface area contributed by atoms with Crippen molar-refractivity contribution in [3.63, 3.8) is 0 Å². The molecule has 4 nitrogen and oxygen atoms in total. The van der Waals surface area contributed by atoms with Crippen molar-refractivity contribution < 1.29 is 19.2 Å². The van der Waals surface area contributed by atoms with Crippen LogP contribution in [-0.2, 0) is 19.2 Å². The summed E-state index contributed by atoms with van der Waals surface area (Å²) in [6.45, 7) is 19.9. The Hall–Kier alpha value is -2.19. The van der Waals surface area contributed by atoms with E-state index in [0.717, 1.165) is 10.4 Å². The summed E-state index contributed by atoms with van der Waals surface area (Å²) in [6.07, 6.45) is 3.01. The van der Waals surface area contributed by atoms with Crippen LogP contribution in [0.25, 0.3) is 0 Å². The predicted molar refractivity (Wildman–Crippen MR) is 131 cm³/mol. The van der Waals surface area contributed by atoms with Crippen LogP contribution >= 0.6 is 0 Å². The number of carbonyl (C=O) groups is 4. The molecular formula is C26H32O4Si2. The van der Waals surface area contributed by atoms with E-state index in [2.05, 4.69) is 26.2 Å². The van der Waals surface area contributed by atoms with Crippen LogP contribution in [0.5, 0.6) is 0 Å². The molecule has 0 spiro atoms. The lowest BCUT2D eigenvalue weighted by Crippen LogP contribution is -2.43. The zero-order valence-electron chi connectivity index (χ0n) is 20.8. The normalized spacial score (nSPS) is 24.7. The molecule has 0 unspecified atom stereocenters. The minimum absolute atomic E-state index is 0.0503. The van der Waals surface area contributed by atoms with E-state index < -0.39 is 27.0 Å².